The summed E-state index contributed by atoms with van der Waals surface area (Å²) in [6.07, 6.45) is -3.79. The van der Waals surface area contributed by atoms with Crippen LogP contribution < -0.4 is 21.3 Å². The second kappa shape index (κ2) is 13.7. The number of nitrogens with one attached hydrogen (secondary N) is 4. The maximum Gasteiger partial charge on any atom is 0.308 e. The van der Waals surface area contributed by atoms with Crippen LogP contribution in [0.15, 0.2) is 41.4 Å². The minimum atomic E-state index is -2.82. The number of rotatable bonds is 10. The van der Waals surface area contributed by atoms with Crippen LogP contribution in [0.4, 0.5) is 14.5 Å². The van der Waals surface area contributed by atoms with Crippen molar-refractivity contribution in [2.75, 3.05) is 31.6 Å². The van der Waals surface area contributed by atoms with E-state index in [0.717, 1.165) is 12.1 Å². The minimum absolute atomic E-state index is 0.00178. The Bertz CT molecular complexity index is 1250. The number of guanidine groups is 1. The van der Waals surface area contributed by atoms with Crippen LogP contribution in [0.2, 0.25) is 5.02 Å². The molecule has 2 aromatic rings. The predicted octanol–water partition coefficient (Wildman–Crippen LogP) is 2.26. The number of aromatic hydroxyl groups is 1. The van der Waals surface area contributed by atoms with Crippen LogP contribution in [-0.4, -0.2) is 66.3 Å². The van der Waals surface area contributed by atoms with Gasteiger partial charge in [0.1, 0.15) is 5.75 Å². The van der Waals surface area contributed by atoms with E-state index in [0.29, 0.717) is 11.6 Å². The molecule has 2 aromatic carbocycles. The molecule has 210 valence electrons. The highest BCUT2D eigenvalue weighted by atomic mass is 35.5. The SMILES string of the molecule is CCOC(=O)C[C@H](NC(=O)CNC(=O)c1cc(O)cc(NC2=NCC(O)CN2)c1)c1cc(Cl)cc(C(F)F)c1. The maximum atomic E-state index is 13.3. The van der Waals surface area contributed by atoms with Gasteiger partial charge in [-0.15, -0.1) is 0 Å². The van der Waals surface area contributed by atoms with Crippen molar-refractivity contribution < 1.29 is 38.1 Å². The number of hydrogen-bond acceptors (Lipinski definition) is 9. The molecular formula is C25H28ClF2N5O6. The number of ether oxygens (including phenoxy) is 1. The standard InChI is InChI=1S/C25H28ClF2N5O6/c1-2-39-22(37)9-20(13-3-14(23(27)28)5-16(26)4-13)33-21(36)12-29-24(38)15-6-17(8-18(34)7-15)32-25-30-10-19(35)11-31-25/h3-8,19-20,23,34-35H,2,9-12H2,1H3,(H,29,38)(H,33,36)(H2,30,31,32)/t20-/m0/s1. The van der Waals surface area contributed by atoms with E-state index in [2.05, 4.69) is 26.3 Å². The van der Waals surface area contributed by atoms with Gasteiger partial charge in [0.15, 0.2) is 5.96 Å². The number of aliphatic hydroxyl groups excluding tert-OH is 1. The molecule has 0 aliphatic carbocycles. The Morgan fingerprint density at radius 2 is 1.92 bits per heavy atom. The van der Waals surface area contributed by atoms with Gasteiger partial charge in [-0.1, -0.05) is 11.6 Å². The van der Waals surface area contributed by atoms with E-state index >= 15 is 0 Å². The molecule has 0 bridgehead atoms. The van der Waals surface area contributed by atoms with Crippen LogP contribution in [-0.2, 0) is 14.3 Å². The zero-order chi connectivity index (χ0) is 28.5. The van der Waals surface area contributed by atoms with E-state index in [1.807, 2.05) is 0 Å². The molecule has 1 heterocycles. The van der Waals surface area contributed by atoms with E-state index in [9.17, 15) is 33.4 Å². The molecule has 2 atom stereocenters. The Kier molecular flexibility index (Phi) is 10.4. The molecule has 0 saturated heterocycles. The quantitative estimate of drug-likeness (QED) is 0.238. The number of benzene rings is 2. The fourth-order valence-corrected chi connectivity index (χ4v) is 3.93. The number of esters is 1. The first-order valence-corrected chi connectivity index (χ1v) is 12.3. The summed E-state index contributed by atoms with van der Waals surface area (Å²) in [5.74, 6) is -1.95. The van der Waals surface area contributed by atoms with Gasteiger partial charge in [0.25, 0.3) is 12.3 Å². The third kappa shape index (κ3) is 9.07. The smallest absolute Gasteiger partial charge is 0.308 e. The third-order valence-corrected chi connectivity index (χ3v) is 5.64. The Balaban J connectivity index is 1.67. The molecule has 0 aromatic heterocycles. The number of aliphatic imine (C=N–C) groups is 1. The van der Waals surface area contributed by atoms with Crippen molar-refractivity contribution in [1.29, 1.82) is 0 Å². The molecule has 39 heavy (non-hydrogen) atoms. The van der Waals surface area contributed by atoms with Crippen LogP contribution in [0.3, 0.4) is 0 Å². The first-order valence-electron chi connectivity index (χ1n) is 11.9. The van der Waals surface area contributed by atoms with Gasteiger partial charge in [0.2, 0.25) is 5.91 Å². The van der Waals surface area contributed by atoms with E-state index in [-0.39, 0.29) is 53.6 Å². The fourth-order valence-electron chi connectivity index (χ4n) is 3.68. The largest absolute Gasteiger partial charge is 0.508 e. The summed E-state index contributed by atoms with van der Waals surface area (Å²) < 4.78 is 31.5. The lowest BCUT2D eigenvalue weighted by Gasteiger charge is -2.20. The number of nitrogens with zero attached hydrogens (tertiary/aromatic N) is 1. The van der Waals surface area contributed by atoms with E-state index in [1.54, 1.807) is 6.92 Å². The monoisotopic (exact) mass is 567 g/mol. The first kappa shape index (κ1) is 29.6. The van der Waals surface area contributed by atoms with Crippen molar-refractivity contribution in [2.45, 2.75) is 31.9 Å². The Labute approximate surface area is 227 Å². The molecule has 0 radical (unpaired) electrons. The Morgan fingerprint density at radius 1 is 1.18 bits per heavy atom. The number of carbonyl (C=O) groups excluding carboxylic acids is 3. The van der Waals surface area contributed by atoms with Crippen LogP contribution in [0, 0.1) is 0 Å². The second-order valence-corrected chi connectivity index (χ2v) is 8.98. The molecule has 0 spiro atoms. The van der Waals surface area contributed by atoms with E-state index in [1.165, 1.54) is 24.3 Å². The zero-order valence-corrected chi connectivity index (χ0v) is 21.6. The highest BCUT2D eigenvalue weighted by Gasteiger charge is 2.22. The zero-order valence-electron chi connectivity index (χ0n) is 20.8. The van der Waals surface area contributed by atoms with Gasteiger partial charge in [-0.3, -0.25) is 19.4 Å². The maximum absolute atomic E-state index is 13.3. The van der Waals surface area contributed by atoms with Gasteiger partial charge >= 0.3 is 5.97 Å². The van der Waals surface area contributed by atoms with Crippen LogP contribution in [0.25, 0.3) is 0 Å². The number of hydrogen-bond donors (Lipinski definition) is 6. The number of phenolic OH excluding ortho intramolecular Hbond substituents is 1. The number of anilines is 1. The van der Waals surface area contributed by atoms with Gasteiger partial charge in [-0.2, -0.15) is 0 Å². The lowest BCUT2D eigenvalue weighted by Crippen LogP contribution is -2.42. The lowest BCUT2D eigenvalue weighted by molar-refractivity contribution is -0.143. The van der Waals surface area contributed by atoms with Gasteiger partial charge in [-0.25, -0.2) is 8.78 Å². The molecule has 6 N–H and O–H groups in total. The number of phenols is 1. The summed E-state index contributed by atoms with van der Waals surface area (Å²) in [6, 6.07) is 6.48. The van der Waals surface area contributed by atoms with Gasteiger partial charge in [0.05, 0.1) is 38.3 Å². The number of β-amino-alcohol motifs (C(OH)–C–C–N with tert-alkyl or cyclic N) is 1. The molecule has 1 aliphatic heterocycles. The number of aliphatic hydroxyl groups is 1. The van der Waals surface area contributed by atoms with Crippen molar-refractivity contribution in [3.63, 3.8) is 0 Å². The summed E-state index contributed by atoms with van der Waals surface area (Å²) >= 11 is 5.97. The predicted molar refractivity (Wildman–Crippen MR) is 139 cm³/mol. The van der Waals surface area contributed by atoms with Crippen molar-refractivity contribution in [2.24, 2.45) is 4.99 Å². The number of amides is 2. The minimum Gasteiger partial charge on any atom is -0.508 e. The second-order valence-electron chi connectivity index (χ2n) is 8.55. The molecule has 14 heteroatoms. The van der Waals surface area contributed by atoms with Gasteiger partial charge < -0.3 is 36.2 Å². The molecule has 0 saturated carbocycles. The Morgan fingerprint density at radius 3 is 2.59 bits per heavy atom. The number of carbonyl (C=O) groups is 3. The summed E-state index contributed by atoms with van der Waals surface area (Å²) in [5.41, 5.74) is 0.146. The normalized spacial score (nSPS) is 15.5. The fraction of sp³-hybridized carbons (Fsp3) is 0.360. The van der Waals surface area contributed by atoms with Crippen LogP contribution in [0.1, 0.15) is 47.3 Å². The molecule has 11 nitrogen and oxygen atoms in total. The first-order chi connectivity index (χ1) is 18.5. The number of alkyl halides is 2. The molecular weight excluding hydrogens is 540 g/mol. The van der Waals surface area contributed by atoms with E-state index in [4.69, 9.17) is 16.3 Å². The summed E-state index contributed by atoms with van der Waals surface area (Å²) in [4.78, 5) is 41.6. The van der Waals surface area contributed by atoms with Gasteiger partial charge in [0, 0.05) is 34.4 Å². The molecule has 2 amide bonds. The average Bonchev–Trinajstić information content (AvgIpc) is 2.87. The van der Waals surface area contributed by atoms with Gasteiger partial charge in [-0.05, 0) is 42.8 Å². The average molecular weight is 568 g/mol. The summed E-state index contributed by atoms with van der Waals surface area (Å²) in [6.45, 7) is 1.63. The third-order valence-electron chi connectivity index (χ3n) is 5.43. The van der Waals surface area contributed by atoms with E-state index < -0.39 is 42.9 Å². The Hall–Kier alpha value is -3.97. The van der Waals surface area contributed by atoms with Crippen molar-refractivity contribution in [3.05, 3.63) is 58.1 Å². The van der Waals surface area contributed by atoms with Crippen LogP contribution in [0.5, 0.6) is 5.75 Å². The van der Waals surface area contributed by atoms with Crippen molar-refractivity contribution in [3.8, 4) is 5.75 Å². The highest BCUT2D eigenvalue weighted by Crippen LogP contribution is 2.28. The molecule has 3 rings (SSSR count). The number of halogens is 3. The topological polar surface area (TPSA) is 161 Å². The van der Waals surface area contributed by atoms with Crippen molar-refractivity contribution in [1.82, 2.24) is 16.0 Å². The lowest BCUT2D eigenvalue weighted by atomic mass is 10.0. The van der Waals surface area contributed by atoms with Crippen molar-refractivity contribution >= 4 is 41.0 Å². The highest BCUT2D eigenvalue weighted by molar-refractivity contribution is 6.30. The van der Waals surface area contributed by atoms with Crippen LogP contribution >= 0.6 is 11.6 Å². The molecule has 1 aliphatic rings. The molecule has 1 unspecified atom stereocenters. The molecule has 0 fully saturated rings. The summed E-state index contributed by atoms with van der Waals surface area (Å²) in [7, 11) is 0. The summed E-state index contributed by atoms with van der Waals surface area (Å²) in [5, 5.41) is 30.2.